The van der Waals surface area contributed by atoms with Crippen LogP contribution in [0.15, 0.2) is 131 Å². The molecule has 1 unspecified atom stereocenters. The summed E-state index contributed by atoms with van der Waals surface area (Å²) in [5.41, 5.74) is 3.18. The third kappa shape index (κ3) is 7.37. The highest BCUT2D eigenvalue weighted by molar-refractivity contribution is 5.81. The van der Waals surface area contributed by atoms with Crippen molar-refractivity contribution in [3.05, 3.63) is 166 Å². The van der Waals surface area contributed by atoms with E-state index in [0.29, 0.717) is 53.2 Å². The van der Waals surface area contributed by atoms with E-state index in [-0.39, 0.29) is 12.5 Å². The van der Waals surface area contributed by atoms with E-state index in [1.165, 1.54) is 11.1 Å². The third-order valence-corrected chi connectivity index (χ3v) is 11.0. The molecule has 0 saturated carbocycles. The van der Waals surface area contributed by atoms with E-state index >= 15 is 0 Å². The molecule has 300 valence electrons. The van der Waals surface area contributed by atoms with Gasteiger partial charge in [0, 0.05) is 24.6 Å². The zero-order valence-corrected chi connectivity index (χ0v) is 32.8. The number of halogens is 3. The highest BCUT2D eigenvalue weighted by Gasteiger charge is 2.45. The number of hydrogen-bond donors (Lipinski definition) is 0. The van der Waals surface area contributed by atoms with Crippen molar-refractivity contribution in [3.63, 3.8) is 0 Å². The third-order valence-electron chi connectivity index (χ3n) is 11.0. The number of likely N-dealkylation sites (tertiary alicyclic amines) is 1. The molecule has 2 aliphatic rings. The number of pyridine rings is 1. The molecule has 0 aliphatic carbocycles. The molecular formula is C46H45F3N4O5. The first kappa shape index (κ1) is 39.0. The maximum Gasteiger partial charge on any atom is 0.421 e. The molecule has 3 atom stereocenters. The molecule has 8 rings (SSSR count). The van der Waals surface area contributed by atoms with Gasteiger partial charge in [-0.2, -0.15) is 13.2 Å². The highest BCUT2D eigenvalue weighted by atomic mass is 19.4. The van der Waals surface area contributed by atoms with Gasteiger partial charge in [-0.15, -0.1) is 0 Å². The van der Waals surface area contributed by atoms with Crippen LogP contribution in [0.3, 0.4) is 0 Å². The van der Waals surface area contributed by atoms with Gasteiger partial charge in [0.25, 0.3) is 0 Å². The van der Waals surface area contributed by atoms with Crippen LogP contribution in [-0.4, -0.2) is 69.0 Å². The molecule has 4 aromatic carbocycles. The van der Waals surface area contributed by atoms with Gasteiger partial charge in [0.2, 0.25) is 0 Å². The number of hydrogen-bond acceptors (Lipinski definition) is 7. The Morgan fingerprint density at radius 3 is 1.98 bits per heavy atom. The van der Waals surface area contributed by atoms with Gasteiger partial charge in [0.15, 0.2) is 5.58 Å². The van der Waals surface area contributed by atoms with Gasteiger partial charge in [0.1, 0.15) is 23.0 Å². The molecule has 0 spiro atoms. The highest BCUT2D eigenvalue weighted by Crippen LogP contribution is 2.45. The molecule has 2 aliphatic heterocycles. The van der Waals surface area contributed by atoms with Gasteiger partial charge in [-0.1, -0.05) is 97.1 Å². The zero-order valence-electron chi connectivity index (χ0n) is 32.8. The van der Waals surface area contributed by atoms with Crippen LogP contribution in [0.2, 0.25) is 0 Å². The van der Waals surface area contributed by atoms with E-state index in [0.717, 1.165) is 16.7 Å². The molecule has 0 N–H and O–H groups in total. The summed E-state index contributed by atoms with van der Waals surface area (Å²) in [6, 6.07) is 34.7. The molecule has 58 heavy (non-hydrogen) atoms. The number of rotatable bonds is 8. The number of carbonyl (C=O) groups is 1. The molecule has 6 aromatic rings. The number of benzene rings is 4. The molecular weight excluding hydrogens is 746 g/mol. The van der Waals surface area contributed by atoms with E-state index in [9.17, 15) is 22.8 Å². The fraction of sp³-hybridized carbons (Fsp3) is 0.326. The summed E-state index contributed by atoms with van der Waals surface area (Å²) in [6.07, 6.45) is -2.89. The van der Waals surface area contributed by atoms with Crippen molar-refractivity contribution in [2.75, 3.05) is 19.6 Å². The Morgan fingerprint density at radius 2 is 1.45 bits per heavy atom. The summed E-state index contributed by atoms with van der Waals surface area (Å²) in [5.74, 6) is -0.164. The lowest BCUT2D eigenvalue weighted by Crippen LogP contribution is -2.47. The van der Waals surface area contributed by atoms with Crippen molar-refractivity contribution in [3.8, 4) is 5.75 Å². The van der Waals surface area contributed by atoms with Crippen LogP contribution in [-0.2, 0) is 16.7 Å². The SMILES string of the molecule is C[C@@H]1Cc2c(ccc3c2oc(=O)n3C(c2ccccc2)(c2ccccc2)c2ccccc2)[C@@H](c2ccc(OC3CCN(C(=O)OC(C)(C)C)C3)cn2)N1CC(F)(F)F. The molecule has 2 aromatic heterocycles. The maximum absolute atomic E-state index is 14.6. The average molecular weight is 791 g/mol. The van der Waals surface area contributed by atoms with Gasteiger partial charge >= 0.3 is 18.0 Å². The molecule has 12 heteroatoms. The molecule has 4 heterocycles. The number of alkyl halides is 3. The Kier molecular flexibility index (Phi) is 10.2. The normalized spacial score (nSPS) is 18.9. The largest absolute Gasteiger partial charge is 0.487 e. The fourth-order valence-electron chi connectivity index (χ4n) is 8.62. The smallest absolute Gasteiger partial charge is 0.421 e. The van der Waals surface area contributed by atoms with E-state index in [1.54, 1.807) is 34.6 Å². The molecule has 1 saturated heterocycles. The van der Waals surface area contributed by atoms with Gasteiger partial charge in [0.05, 0.1) is 36.5 Å². The number of carbonyl (C=O) groups excluding carboxylic acids is 1. The van der Waals surface area contributed by atoms with Crippen molar-refractivity contribution >= 4 is 17.2 Å². The Balaban J connectivity index is 1.22. The Hall–Kier alpha value is -5.88. The number of aromatic nitrogens is 2. The van der Waals surface area contributed by atoms with Crippen molar-refractivity contribution in [2.24, 2.45) is 0 Å². The van der Waals surface area contributed by atoms with Crippen molar-refractivity contribution in [1.82, 2.24) is 19.4 Å². The monoisotopic (exact) mass is 790 g/mol. The van der Waals surface area contributed by atoms with Crippen LogP contribution >= 0.6 is 0 Å². The van der Waals surface area contributed by atoms with E-state index in [4.69, 9.17) is 13.9 Å². The first-order chi connectivity index (χ1) is 27.7. The topological polar surface area (TPSA) is 90.0 Å². The lowest BCUT2D eigenvalue weighted by atomic mass is 9.76. The maximum atomic E-state index is 14.6. The predicted molar refractivity (Wildman–Crippen MR) is 214 cm³/mol. The van der Waals surface area contributed by atoms with Crippen LogP contribution in [0.1, 0.15) is 73.7 Å². The number of ether oxygens (including phenoxy) is 2. The molecule has 0 radical (unpaired) electrons. The van der Waals surface area contributed by atoms with Crippen LogP contribution in [0.4, 0.5) is 18.0 Å². The Morgan fingerprint density at radius 1 is 0.845 bits per heavy atom. The summed E-state index contributed by atoms with van der Waals surface area (Å²) in [5, 5.41) is 0. The van der Waals surface area contributed by atoms with E-state index in [2.05, 4.69) is 4.98 Å². The van der Waals surface area contributed by atoms with Gasteiger partial charge in [-0.25, -0.2) is 9.59 Å². The van der Waals surface area contributed by atoms with Crippen molar-refractivity contribution in [1.29, 1.82) is 0 Å². The Labute approximate surface area is 334 Å². The van der Waals surface area contributed by atoms with Gasteiger partial charge in [-0.05, 0) is 74.6 Å². The summed E-state index contributed by atoms with van der Waals surface area (Å²) in [7, 11) is 0. The summed E-state index contributed by atoms with van der Waals surface area (Å²) in [6.45, 7) is 6.84. The minimum atomic E-state index is -4.49. The van der Waals surface area contributed by atoms with Crippen LogP contribution < -0.4 is 10.5 Å². The molecule has 0 bridgehead atoms. The number of amides is 1. The van der Waals surface area contributed by atoms with Crippen molar-refractivity contribution in [2.45, 2.75) is 76.0 Å². The van der Waals surface area contributed by atoms with Crippen LogP contribution in [0, 0.1) is 0 Å². The van der Waals surface area contributed by atoms with Crippen molar-refractivity contribution < 1.29 is 31.9 Å². The second-order valence-corrected chi connectivity index (χ2v) is 16.1. The van der Waals surface area contributed by atoms with E-state index < -0.39 is 47.8 Å². The average Bonchev–Trinajstić information content (AvgIpc) is 3.81. The number of fused-ring (bicyclic) bond motifs is 3. The van der Waals surface area contributed by atoms with Crippen LogP contribution in [0.25, 0.3) is 11.1 Å². The Bertz CT molecular complexity index is 2350. The minimum absolute atomic E-state index is 0.207. The lowest BCUT2D eigenvalue weighted by Gasteiger charge is -2.42. The molecule has 1 fully saturated rings. The van der Waals surface area contributed by atoms with Gasteiger partial charge < -0.3 is 18.8 Å². The summed E-state index contributed by atoms with van der Waals surface area (Å²) < 4.78 is 62.5. The van der Waals surface area contributed by atoms with Crippen LogP contribution in [0.5, 0.6) is 5.75 Å². The summed E-state index contributed by atoms with van der Waals surface area (Å²) in [4.78, 5) is 34.9. The number of oxazole rings is 1. The first-order valence-corrected chi connectivity index (χ1v) is 19.5. The zero-order chi connectivity index (χ0) is 40.8. The quantitative estimate of drug-likeness (QED) is 0.142. The minimum Gasteiger partial charge on any atom is -0.487 e. The molecule has 1 amide bonds. The number of nitrogens with zero attached hydrogens (tertiary/aromatic N) is 4. The summed E-state index contributed by atoms with van der Waals surface area (Å²) >= 11 is 0. The second-order valence-electron chi connectivity index (χ2n) is 16.1. The standard InChI is InChI=1S/C46H45F3N4O5/c1-30-26-37-36(40(52(30)29-45(47,48)49)38-22-20-34(27-50-38)56-35-24-25-51(28-35)42(54)58-44(2,3)4)21-23-39-41(37)57-43(55)53(39)46(31-14-8-5-9-15-31,32-16-10-6-11-17-32)33-18-12-7-13-19-33/h5-23,27,30,35,40H,24-26,28-29H2,1-4H3/t30-,35?,40+/m1/s1. The second kappa shape index (κ2) is 15.1. The lowest BCUT2D eigenvalue weighted by molar-refractivity contribution is -0.155. The molecule has 9 nitrogen and oxygen atoms in total. The first-order valence-electron chi connectivity index (χ1n) is 19.5. The van der Waals surface area contributed by atoms with Gasteiger partial charge in [-0.3, -0.25) is 14.5 Å². The fourth-order valence-corrected chi connectivity index (χ4v) is 8.62. The van der Waals surface area contributed by atoms with E-state index in [1.807, 2.05) is 118 Å². The predicted octanol–water partition coefficient (Wildman–Crippen LogP) is 9.12.